The standard InChI is InChI=1S/C24H38N6O3/c1-16(13-32-3)33-17-4-5-19-18(10-17)23(28-27-19)20-11-21(26-15-25-20)30-8-6-24(7-9-30)12-22(31)29(2)14-24/h11,15-19,23,27-28H,4-10,12-14H2,1-3H3/t16-,17?,18?,19?,23?/m0/s1. The third-order valence-electron chi connectivity index (χ3n) is 8.20. The number of amides is 1. The Hall–Kier alpha value is -1.81. The second kappa shape index (κ2) is 9.44. The lowest BCUT2D eigenvalue weighted by Crippen LogP contribution is -2.41. The summed E-state index contributed by atoms with van der Waals surface area (Å²) >= 11 is 0. The summed E-state index contributed by atoms with van der Waals surface area (Å²) in [5, 5.41) is 0. The Kier molecular flexibility index (Phi) is 6.57. The zero-order valence-electron chi connectivity index (χ0n) is 20.1. The van der Waals surface area contributed by atoms with Gasteiger partial charge in [0.25, 0.3) is 0 Å². The fourth-order valence-corrected chi connectivity index (χ4v) is 6.39. The van der Waals surface area contributed by atoms with Gasteiger partial charge in [-0.3, -0.25) is 10.2 Å². The van der Waals surface area contributed by atoms with Gasteiger partial charge in [-0.2, -0.15) is 0 Å². The van der Waals surface area contributed by atoms with E-state index in [4.69, 9.17) is 9.47 Å². The summed E-state index contributed by atoms with van der Waals surface area (Å²) in [6.07, 6.45) is 8.01. The lowest BCUT2D eigenvalue weighted by molar-refractivity contribution is -0.126. The minimum absolute atomic E-state index is 0.111. The van der Waals surface area contributed by atoms with Crippen molar-refractivity contribution >= 4 is 11.7 Å². The van der Waals surface area contributed by atoms with Gasteiger partial charge in [0.15, 0.2) is 0 Å². The van der Waals surface area contributed by atoms with Crippen molar-refractivity contribution in [3.8, 4) is 0 Å². The summed E-state index contributed by atoms with van der Waals surface area (Å²) in [6.45, 7) is 5.47. The molecule has 4 aliphatic rings. The maximum atomic E-state index is 12.1. The number of nitrogens with zero attached hydrogens (tertiary/aromatic N) is 4. The number of carbonyl (C=O) groups excluding carboxylic acids is 1. The number of hydrogen-bond donors (Lipinski definition) is 2. The Balaban J connectivity index is 1.23. The van der Waals surface area contributed by atoms with Gasteiger partial charge in [0.05, 0.1) is 30.6 Å². The average molecular weight is 459 g/mol. The highest BCUT2D eigenvalue weighted by Gasteiger charge is 2.45. The molecule has 4 fully saturated rings. The normalized spacial score (nSPS) is 32.4. The second-order valence-corrected chi connectivity index (χ2v) is 10.6. The van der Waals surface area contributed by atoms with Gasteiger partial charge in [0.1, 0.15) is 12.1 Å². The number of likely N-dealkylation sites (tertiary alicyclic amines) is 1. The van der Waals surface area contributed by atoms with E-state index in [2.05, 4.69) is 38.7 Å². The number of nitrogens with one attached hydrogen (secondary N) is 2. The molecule has 1 spiro atoms. The highest BCUT2D eigenvalue weighted by molar-refractivity contribution is 5.79. The number of fused-ring (bicyclic) bond motifs is 1. The largest absolute Gasteiger partial charge is 0.382 e. The van der Waals surface area contributed by atoms with Crippen LogP contribution in [0.5, 0.6) is 0 Å². The minimum atomic E-state index is 0.111. The van der Waals surface area contributed by atoms with Gasteiger partial charge in [-0.05, 0) is 39.0 Å². The van der Waals surface area contributed by atoms with Crippen molar-refractivity contribution in [3.63, 3.8) is 0 Å². The number of methoxy groups -OCH3 is 1. The highest BCUT2D eigenvalue weighted by atomic mass is 16.5. The first-order valence-electron chi connectivity index (χ1n) is 12.4. The van der Waals surface area contributed by atoms with E-state index in [1.165, 1.54) is 0 Å². The Labute approximate surface area is 196 Å². The van der Waals surface area contributed by atoms with E-state index in [-0.39, 0.29) is 29.6 Å². The maximum Gasteiger partial charge on any atom is 0.222 e. The van der Waals surface area contributed by atoms with Crippen LogP contribution < -0.4 is 15.8 Å². The van der Waals surface area contributed by atoms with Crippen molar-refractivity contribution in [2.75, 3.05) is 45.3 Å². The van der Waals surface area contributed by atoms with Crippen LogP contribution in [0.4, 0.5) is 5.82 Å². The molecule has 3 aliphatic heterocycles. The third kappa shape index (κ3) is 4.73. The number of anilines is 1. The van der Waals surface area contributed by atoms with Gasteiger partial charge in [-0.1, -0.05) is 0 Å². The summed E-state index contributed by atoms with van der Waals surface area (Å²) in [7, 11) is 3.65. The Morgan fingerprint density at radius 3 is 2.79 bits per heavy atom. The number of carbonyl (C=O) groups is 1. The fraction of sp³-hybridized carbons (Fsp3) is 0.792. The van der Waals surface area contributed by atoms with E-state index in [9.17, 15) is 4.79 Å². The smallest absolute Gasteiger partial charge is 0.222 e. The molecule has 1 aromatic heterocycles. The zero-order chi connectivity index (χ0) is 23.0. The van der Waals surface area contributed by atoms with Crippen molar-refractivity contribution in [2.45, 2.75) is 69.7 Å². The summed E-state index contributed by atoms with van der Waals surface area (Å²) in [5.74, 6) is 1.72. The second-order valence-electron chi connectivity index (χ2n) is 10.6. The molecule has 4 unspecified atom stereocenters. The summed E-state index contributed by atoms with van der Waals surface area (Å²) in [5.41, 5.74) is 8.21. The topological polar surface area (TPSA) is 91.9 Å². The van der Waals surface area contributed by atoms with Gasteiger partial charge < -0.3 is 19.3 Å². The van der Waals surface area contributed by atoms with E-state index < -0.39 is 0 Å². The van der Waals surface area contributed by atoms with E-state index in [1.54, 1.807) is 13.4 Å². The van der Waals surface area contributed by atoms with Gasteiger partial charge >= 0.3 is 0 Å². The van der Waals surface area contributed by atoms with Crippen molar-refractivity contribution in [2.24, 2.45) is 11.3 Å². The maximum absolute atomic E-state index is 12.1. The quantitative estimate of drug-likeness (QED) is 0.665. The van der Waals surface area contributed by atoms with Crippen LogP contribution in [0.3, 0.4) is 0 Å². The lowest BCUT2D eigenvalue weighted by atomic mass is 9.77. The van der Waals surface area contributed by atoms with Gasteiger partial charge in [-0.25, -0.2) is 15.4 Å². The molecule has 5 atom stereocenters. The number of aromatic nitrogens is 2. The van der Waals surface area contributed by atoms with Gasteiger partial charge in [0, 0.05) is 63.7 Å². The molecule has 1 amide bonds. The molecule has 0 aromatic carbocycles. The van der Waals surface area contributed by atoms with Crippen LogP contribution in [0.15, 0.2) is 12.4 Å². The number of hydrazine groups is 1. The van der Waals surface area contributed by atoms with Gasteiger partial charge in [0.2, 0.25) is 5.91 Å². The molecule has 1 saturated carbocycles. The zero-order valence-corrected chi connectivity index (χ0v) is 20.1. The van der Waals surface area contributed by atoms with Crippen molar-refractivity contribution < 1.29 is 14.3 Å². The SMILES string of the molecule is COC[C@H](C)OC1CCC2NNC(c3cc(N4CCC5(CC4)CC(=O)N(C)C5)ncn3)C2C1. The Morgan fingerprint density at radius 1 is 1.24 bits per heavy atom. The number of rotatable bonds is 6. The first kappa shape index (κ1) is 23.0. The molecule has 182 valence electrons. The minimum Gasteiger partial charge on any atom is -0.382 e. The number of hydrogen-bond acceptors (Lipinski definition) is 8. The molecule has 4 heterocycles. The molecule has 1 aliphatic carbocycles. The first-order chi connectivity index (χ1) is 16.0. The van der Waals surface area contributed by atoms with E-state index >= 15 is 0 Å². The van der Waals surface area contributed by atoms with E-state index in [0.717, 1.165) is 63.3 Å². The Bertz CT molecular complexity index is 845. The molecule has 33 heavy (non-hydrogen) atoms. The summed E-state index contributed by atoms with van der Waals surface area (Å²) < 4.78 is 11.5. The van der Waals surface area contributed by atoms with Crippen LogP contribution in [0.2, 0.25) is 0 Å². The van der Waals surface area contributed by atoms with Crippen LogP contribution in [0, 0.1) is 11.3 Å². The van der Waals surface area contributed by atoms with Crippen molar-refractivity contribution in [1.29, 1.82) is 0 Å². The predicted octanol–water partition coefficient (Wildman–Crippen LogP) is 1.66. The summed E-state index contributed by atoms with van der Waals surface area (Å²) in [6, 6.07) is 2.75. The van der Waals surface area contributed by atoms with Crippen LogP contribution in [0.25, 0.3) is 0 Å². The van der Waals surface area contributed by atoms with Gasteiger partial charge in [-0.15, -0.1) is 0 Å². The summed E-state index contributed by atoms with van der Waals surface area (Å²) in [4.78, 5) is 25.6. The number of ether oxygens (including phenoxy) is 2. The lowest BCUT2D eigenvalue weighted by Gasteiger charge is -2.39. The van der Waals surface area contributed by atoms with Crippen LogP contribution >= 0.6 is 0 Å². The molecule has 0 bridgehead atoms. The Morgan fingerprint density at radius 2 is 2.06 bits per heavy atom. The molecule has 5 rings (SSSR count). The van der Waals surface area contributed by atoms with Crippen LogP contribution in [-0.2, 0) is 14.3 Å². The first-order valence-corrected chi connectivity index (χ1v) is 12.4. The van der Waals surface area contributed by atoms with E-state index in [1.807, 2.05) is 11.9 Å². The number of piperidine rings is 1. The fourth-order valence-electron chi connectivity index (χ4n) is 6.39. The average Bonchev–Trinajstić information content (AvgIpc) is 3.34. The van der Waals surface area contributed by atoms with Crippen molar-refractivity contribution in [3.05, 3.63) is 18.1 Å². The molecule has 0 radical (unpaired) electrons. The molecule has 2 N–H and O–H groups in total. The third-order valence-corrected chi connectivity index (χ3v) is 8.20. The molecule has 9 nitrogen and oxygen atoms in total. The molecular weight excluding hydrogens is 420 g/mol. The predicted molar refractivity (Wildman–Crippen MR) is 125 cm³/mol. The molecular formula is C24H38N6O3. The molecule has 9 heteroatoms. The molecule has 1 aromatic rings. The van der Waals surface area contributed by atoms with Crippen LogP contribution in [0.1, 0.15) is 57.2 Å². The van der Waals surface area contributed by atoms with E-state index in [0.29, 0.717) is 25.0 Å². The molecule has 3 saturated heterocycles. The van der Waals surface area contributed by atoms with Crippen LogP contribution in [-0.4, -0.2) is 79.4 Å². The van der Waals surface area contributed by atoms with Crippen molar-refractivity contribution in [1.82, 2.24) is 25.7 Å². The highest BCUT2D eigenvalue weighted by Crippen LogP contribution is 2.42. The monoisotopic (exact) mass is 458 g/mol.